The molecule has 1 aromatic rings. The van der Waals surface area contributed by atoms with E-state index in [2.05, 4.69) is 0 Å². The first kappa shape index (κ1) is 14.9. The molecule has 0 saturated heterocycles. The Morgan fingerprint density at radius 1 is 1.47 bits per heavy atom. The molecule has 0 spiro atoms. The minimum absolute atomic E-state index is 0.0913. The van der Waals surface area contributed by atoms with Gasteiger partial charge in [0.05, 0.1) is 13.7 Å². The molecule has 0 fully saturated rings. The summed E-state index contributed by atoms with van der Waals surface area (Å²) in [5.41, 5.74) is 6.33. The van der Waals surface area contributed by atoms with Crippen LogP contribution in [0.2, 0.25) is 0 Å². The Morgan fingerprint density at radius 2 is 1.94 bits per heavy atom. The third kappa shape index (κ3) is 7.80. The number of nitrogens with two attached hydrogens (primary N) is 1. The third-order valence-electron chi connectivity index (χ3n) is 1.66. The van der Waals surface area contributed by atoms with Gasteiger partial charge in [0.1, 0.15) is 0 Å². The Labute approximate surface area is 100 Å². The molecule has 0 aromatic heterocycles. The van der Waals surface area contributed by atoms with E-state index in [1.54, 1.807) is 0 Å². The number of carbonyl (C=O) groups is 1. The molecule has 94 valence electrons. The van der Waals surface area contributed by atoms with Crippen LogP contribution in [-0.4, -0.2) is 29.2 Å². The van der Waals surface area contributed by atoms with Crippen LogP contribution in [0.1, 0.15) is 12.5 Å². The number of nitrogens with zero attached hydrogens (tertiary/aromatic N) is 1. The molecular formula is C11H17N3O3. The summed E-state index contributed by atoms with van der Waals surface area (Å²) in [5, 5.41) is 15.9. The molecule has 0 aliphatic heterocycles. The zero-order valence-corrected chi connectivity index (χ0v) is 9.88. The largest absolute Gasteiger partial charge is 0.481 e. The van der Waals surface area contributed by atoms with Gasteiger partial charge >= 0.3 is 0 Å². The van der Waals surface area contributed by atoms with Gasteiger partial charge in [0.15, 0.2) is 0 Å². The van der Waals surface area contributed by atoms with Crippen LogP contribution in [0.25, 0.3) is 0 Å². The highest BCUT2D eigenvalue weighted by molar-refractivity contribution is 5.73. The number of carboxylic acid groups (broad SMARTS) is 1. The van der Waals surface area contributed by atoms with E-state index in [9.17, 15) is 0 Å². The number of hydroxylamine groups is 2. The average Bonchev–Trinajstić information content (AvgIpc) is 2.26. The number of benzene rings is 1. The summed E-state index contributed by atoms with van der Waals surface area (Å²) in [6.07, 6.45) is 0. The predicted octanol–water partition coefficient (Wildman–Crippen LogP) is 1.03. The van der Waals surface area contributed by atoms with E-state index in [0.29, 0.717) is 6.54 Å². The van der Waals surface area contributed by atoms with Gasteiger partial charge in [0.2, 0.25) is 5.96 Å². The predicted molar refractivity (Wildman–Crippen MR) is 64.2 cm³/mol. The first-order valence-electron chi connectivity index (χ1n) is 4.86. The van der Waals surface area contributed by atoms with Gasteiger partial charge < -0.3 is 10.8 Å². The molecule has 17 heavy (non-hydrogen) atoms. The monoisotopic (exact) mass is 239 g/mol. The zero-order chi connectivity index (χ0) is 13.3. The molecule has 6 nitrogen and oxygen atoms in total. The van der Waals surface area contributed by atoms with Crippen LogP contribution in [0.5, 0.6) is 0 Å². The van der Waals surface area contributed by atoms with Crippen LogP contribution in [0.4, 0.5) is 0 Å². The second-order valence-corrected chi connectivity index (χ2v) is 3.11. The first-order chi connectivity index (χ1) is 7.97. The molecule has 0 bridgehead atoms. The molecule has 1 aromatic carbocycles. The number of hydrogen-bond acceptors (Lipinski definition) is 3. The van der Waals surface area contributed by atoms with Crippen molar-refractivity contribution in [2.24, 2.45) is 5.73 Å². The topological polar surface area (TPSA) is 99.6 Å². The standard InChI is InChI=1S/C9H13N3O.C2H4O2/c1-13-12(9(10)11)7-8-5-3-2-4-6-8;1-2(3)4/h2-6H,7H2,1H3,(H3,10,11);1H3,(H,3,4). The van der Waals surface area contributed by atoms with Crippen molar-refractivity contribution in [3.05, 3.63) is 35.9 Å². The molecule has 4 N–H and O–H groups in total. The number of guanidine groups is 1. The molecule has 0 radical (unpaired) electrons. The van der Waals surface area contributed by atoms with Gasteiger partial charge in [-0.15, -0.1) is 0 Å². The van der Waals surface area contributed by atoms with E-state index in [0.717, 1.165) is 12.5 Å². The van der Waals surface area contributed by atoms with Crippen LogP contribution >= 0.6 is 0 Å². The summed E-state index contributed by atoms with van der Waals surface area (Å²) in [6.45, 7) is 1.58. The van der Waals surface area contributed by atoms with Crippen LogP contribution in [0, 0.1) is 5.41 Å². The summed E-state index contributed by atoms with van der Waals surface area (Å²) < 4.78 is 0. The highest BCUT2D eigenvalue weighted by atomic mass is 16.7. The molecule has 0 aliphatic carbocycles. The second kappa shape index (κ2) is 8.12. The lowest BCUT2D eigenvalue weighted by Gasteiger charge is -2.18. The molecule has 0 heterocycles. The Kier molecular flexibility index (Phi) is 7.12. The molecule has 0 saturated carbocycles. The maximum atomic E-state index is 9.00. The SMILES string of the molecule is CC(=O)O.CON(Cc1ccccc1)C(=N)N. The van der Waals surface area contributed by atoms with Crippen molar-refractivity contribution in [2.45, 2.75) is 13.5 Å². The number of carboxylic acids is 1. The maximum absolute atomic E-state index is 9.00. The Hall–Kier alpha value is -2.08. The van der Waals surface area contributed by atoms with Gasteiger partial charge in [0.25, 0.3) is 5.97 Å². The van der Waals surface area contributed by atoms with E-state index < -0.39 is 5.97 Å². The van der Waals surface area contributed by atoms with Crippen LogP contribution < -0.4 is 5.73 Å². The van der Waals surface area contributed by atoms with Crippen LogP contribution in [0.3, 0.4) is 0 Å². The second-order valence-electron chi connectivity index (χ2n) is 3.11. The quantitative estimate of drug-likeness (QED) is 0.415. The fourth-order valence-corrected chi connectivity index (χ4v) is 0.997. The van der Waals surface area contributed by atoms with Crippen molar-refractivity contribution < 1.29 is 14.7 Å². The normalized spacial score (nSPS) is 8.82. The summed E-state index contributed by atoms with van der Waals surface area (Å²) in [4.78, 5) is 13.9. The van der Waals surface area contributed by atoms with Crippen molar-refractivity contribution in [2.75, 3.05) is 7.11 Å². The Bertz CT molecular complexity index is 350. The smallest absolute Gasteiger partial charge is 0.300 e. The number of hydrogen-bond donors (Lipinski definition) is 3. The maximum Gasteiger partial charge on any atom is 0.300 e. The molecule has 6 heteroatoms. The van der Waals surface area contributed by atoms with Gasteiger partial charge in [-0.2, -0.15) is 0 Å². The lowest BCUT2D eigenvalue weighted by atomic mass is 10.2. The average molecular weight is 239 g/mol. The van der Waals surface area contributed by atoms with Gasteiger partial charge in [0, 0.05) is 6.92 Å². The van der Waals surface area contributed by atoms with Gasteiger partial charge in [-0.25, -0.2) is 5.06 Å². The van der Waals surface area contributed by atoms with Gasteiger partial charge in [-0.3, -0.25) is 15.0 Å². The summed E-state index contributed by atoms with van der Waals surface area (Å²) in [7, 11) is 1.49. The van der Waals surface area contributed by atoms with Crippen molar-refractivity contribution in [1.82, 2.24) is 5.06 Å². The van der Waals surface area contributed by atoms with E-state index in [1.165, 1.54) is 12.2 Å². The van der Waals surface area contributed by atoms with Crippen LogP contribution in [0.15, 0.2) is 30.3 Å². The van der Waals surface area contributed by atoms with E-state index in [4.69, 9.17) is 25.9 Å². The van der Waals surface area contributed by atoms with Crippen molar-refractivity contribution in [3.8, 4) is 0 Å². The summed E-state index contributed by atoms with van der Waals surface area (Å²) in [5.74, 6) is -0.925. The molecule has 0 amide bonds. The van der Waals surface area contributed by atoms with Crippen molar-refractivity contribution >= 4 is 11.9 Å². The van der Waals surface area contributed by atoms with Crippen LogP contribution in [-0.2, 0) is 16.2 Å². The van der Waals surface area contributed by atoms with Gasteiger partial charge in [-0.05, 0) is 5.56 Å². The highest BCUT2D eigenvalue weighted by Gasteiger charge is 2.04. The molecule has 1 rings (SSSR count). The Balaban J connectivity index is 0.000000557. The highest BCUT2D eigenvalue weighted by Crippen LogP contribution is 2.03. The molecule has 0 unspecified atom stereocenters. The van der Waals surface area contributed by atoms with E-state index in [1.807, 2.05) is 30.3 Å². The zero-order valence-electron chi connectivity index (χ0n) is 9.88. The first-order valence-corrected chi connectivity index (χ1v) is 4.86. The fourth-order valence-electron chi connectivity index (χ4n) is 0.997. The van der Waals surface area contributed by atoms with Crippen molar-refractivity contribution in [1.29, 1.82) is 5.41 Å². The van der Waals surface area contributed by atoms with Crippen molar-refractivity contribution in [3.63, 3.8) is 0 Å². The lowest BCUT2D eigenvalue weighted by Crippen LogP contribution is -2.34. The van der Waals surface area contributed by atoms with E-state index in [-0.39, 0.29) is 5.96 Å². The summed E-state index contributed by atoms with van der Waals surface area (Å²) in [6, 6.07) is 9.71. The third-order valence-corrected chi connectivity index (χ3v) is 1.66. The minimum atomic E-state index is -0.833. The van der Waals surface area contributed by atoms with E-state index >= 15 is 0 Å². The number of aliphatic carboxylic acids is 1. The molecule has 0 atom stereocenters. The lowest BCUT2D eigenvalue weighted by molar-refractivity contribution is -0.134. The summed E-state index contributed by atoms with van der Waals surface area (Å²) >= 11 is 0. The minimum Gasteiger partial charge on any atom is -0.481 e. The van der Waals surface area contributed by atoms with Gasteiger partial charge in [-0.1, -0.05) is 30.3 Å². The Morgan fingerprint density at radius 3 is 2.29 bits per heavy atom. The number of nitrogens with one attached hydrogen (secondary N) is 1. The fraction of sp³-hybridized carbons (Fsp3) is 0.273. The molecule has 0 aliphatic rings. The molecular weight excluding hydrogens is 222 g/mol. The number of rotatable bonds is 3.